The van der Waals surface area contributed by atoms with E-state index in [9.17, 15) is 9.59 Å². The van der Waals surface area contributed by atoms with Crippen molar-refractivity contribution in [3.63, 3.8) is 0 Å². The second-order valence-electron chi connectivity index (χ2n) is 8.26. The van der Waals surface area contributed by atoms with Crippen molar-refractivity contribution in [2.45, 2.75) is 39.5 Å². The van der Waals surface area contributed by atoms with Crippen molar-refractivity contribution in [3.8, 4) is 0 Å². The average molecular weight is 418 g/mol. The number of imidazole rings is 2. The normalized spacial score (nSPS) is 25.6. The lowest BCUT2D eigenvalue weighted by atomic mass is 9.89. The van der Waals surface area contributed by atoms with E-state index < -0.39 is 0 Å². The quantitative estimate of drug-likeness (QED) is 0.571. The highest BCUT2D eigenvalue weighted by Gasteiger charge is 2.37. The molecule has 0 aliphatic carbocycles. The predicted octanol–water partition coefficient (Wildman–Crippen LogP) is 1.74. The van der Waals surface area contributed by atoms with Crippen molar-refractivity contribution in [1.29, 1.82) is 0 Å². The molecule has 0 spiro atoms. The van der Waals surface area contributed by atoms with Crippen LogP contribution in [0.1, 0.15) is 38.1 Å². The fourth-order valence-corrected chi connectivity index (χ4v) is 4.36. The SMILES string of the molecule is CC[C@@H]1C(=O)OC[C@@H]1Cc1c[nH]c[n+]1C.CC[C@@H]1C(=O)OC[C@@H]1Cc1cncn1C. The lowest BCUT2D eigenvalue weighted by Crippen LogP contribution is -2.32. The molecule has 2 fully saturated rings. The van der Waals surface area contributed by atoms with E-state index in [1.165, 1.54) is 5.69 Å². The summed E-state index contributed by atoms with van der Waals surface area (Å²) in [4.78, 5) is 29.9. The minimum Gasteiger partial charge on any atom is -0.465 e. The maximum atomic E-state index is 11.4. The molecule has 2 aromatic rings. The summed E-state index contributed by atoms with van der Waals surface area (Å²) in [6.07, 6.45) is 11.1. The van der Waals surface area contributed by atoms with Gasteiger partial charge in [-0.3, -0.25) is 9.59 Å². The van der Waals surface area contributed by atoms with Crippen LogP contribution in [-0.4, -0.2) is 39.7 Å². The Labute approximate surface area is 177 Å². The lowest BCUT2D eigenvalue weighted by molar-refractivity contribution is -0.677. The number of ether oxygens (including phenoxy) is 2. The van der Waals surface area contributed by atoms with E-state index in [-0.39, 0.29) is 23.8 Å². The van der Waals surface area contributed by atoms with E-state index in [4.69, 9.17) is 9.47 Å². The molecule has 2 aliphatic rings. The van der Waals surface area contributed by atoms with Crippen molar-refractivity contribution in [2.75, 3.05) is 13.2 Å². The van der Waals surface area contributed by atoms with E-state index in [1.807, 2.05) is 51.2 Å². The second-order valence-corrected chi connectivity index (χ2v) is 8.26. The number of cyclic esters (lactones) is 2. The largest absolute Gasteiger partial charge is 0.465 e. The maximum absolute atomic E-state index is 11.4. The Morgan fingerprint density at radius 1 is 1.10 bits per heavy atom. The van der Waals surface area contributed by atoms with E-state index in [1.54, 1.807) is 6.33 Å². The summed E-state index contributed by atoms with van der Waals surface area (Å²) in [5, 5.41) is 0. The Morgan fingerprint density at radius 3 is 2.17 bits per heavy atom. The highest BCUT2D eigenvalue weighted by molar-refractivity contribution is 5.75. The van der Waals surface area contributed by atoms with Gasteiger partial charge in [0, 0.05) is 37.2 Å². The topological polar surface area (TPSA) is 90.1 Å². The molecule has 0 saturated carbocycles. The first-order valence-electron chi connectivity index (χ1n) is 10.7. The molecular formula is C22H33N4O4+. The number of aryl methyl sites for hydroxylation is 2. The Kier molecular flexibility index (Phi) is 7.29. The summed E-state index contributed by atoms with van der Waals surface area (Å²) in [6.45, 7) is 5.21. The Hall–Kier alpha value is -2.64. The number of H-pyrrole nitrogens is 1. The van der Waals surface area contributed by atoms with Gasteiger partial charge in [-0.15, -0.1) is 0 Å². The van der Waals surface area contributed by atoms with Gasteiger partial charge in [-0.05, 0) is 19.3 Å². The van der Waals surface area contributed by atoms with Gasteiger partial charge in [0.15, 0.2) is 0 Å². The van der Waals surface area contributed by atoms with Gasteiger partial charge in [-0.2, -0.15) is 0 Å². The monoisotopic (exact) mass is 417 g/mol. The molecule has 164 valence electrons. The smallest absolute Gasteiger partial charge is 0.309 e. The molecular weight excluding hydrogens is 384 g/mol. The minimum atomic E-state index is -0.0373. The molecule has 0 amide bonds. The van der Waals surface area contributed by atoms with Crippen LogP contribution in [0.4, 0.5) is 0 Å². The number of esters is 2. The molecule has 4 heterocycles. The van der Waals surface area contributed by atoms with Crippen LogP contribution < -0.4 is 4.57 Å². The molecule has 0 bridgehead atoms. The van der Waals surface area contributed by atoms with Crippen LogP contribution in [0.3, 0.4) is 0 Å². The van der Waals surface area contributed by atoms with Crippen LogP contribution in [0.2, 0.25) is 0 Å². The van der Waals surface area contributed by atoms with Crippen molar-refractivity contribution in [2.24, 2.45) is 37.8 Å². The molecule has 2 aromatic heterocycles. The number of rotatable bonds is 6. The molecule has 1 N–H and O–H groups in total. The number of aromatic nitrogens is 4. The van der Waals surface area contributed by atoms with Gasteiger partial charge in [0.2, 0.25) is 6.33 Å². The van der Waals surface area contributed by atoms with Crippen molar-refractivity contribution in [3.05, 3.63) is 36.4 Å². The summed E-state index contributed by atoms with van der Waals surface area (Å²) in [5.41, 5.74) is 2.38. The second kappa shape index (κ2) is 9.91. The van der Waals surface area contributed by atoms with E-state index in [2.05, 4.69) is 14.5 Å². The van der Waals surface area contributed by atoms with Crippen LogP contribution in [0.25, 0.3) is 0 Å². The van der Waals surface area contributed by atoms with Crippen LogP contribution in [0.5, 0.6) is 0 Å². The summed E-state index contributed by atoms with van der Waals surface area (Å²) in [5.74, 6) is 0.743. The molecule has 8 heteroatoms. The van der Waals surface area contributed by atoms with Crippen LogP contribution in [0.15, 0.2) is 25.0 Å². The zero-order chi connectivity index (χ0) is 21.7. The average Bonchev–Trinajstić information content (AvgIpc) is 3.49. The van der Waals surface area contributed by atoms with E-state index in [0.29, 0.717) is 25.0 Å². The van der Waals surface area contributed by atoms with Gasteiger partial charge in [0.25, 0.3) is 0 Å². The molecule has 0 unspecified atom stereocenters. The predicted molar refractivity (Wildman–Crippen MR) is 109 cm³/mol. The fraction of sp³-hybridized carbons (Fsp3) is 0.636. The Morgan fingerprint density at radius 2 is 1.70 bits per heavy atom. The first kappa shape index (κ1) is 22.1. The highest BCUT2D eigenvalue weighted by Crippen LogP contribution is 2.28. The first-order valence-corrected chi connectivity index (χ1v) is 10.7. The van der Waals surface area contributed by atoms with Crippen molar-refractivity contribution >= 4 is 11.9 Å². The van der Waals surface area contributed by atoms with Gasteiger partial charge in [-0.1, -0.05) is 13.8 Å². The van der Waals surface area contributed by atoms with Crippen LogP contribution in [-0.2, 0) is 46.0 Å². The Balaban J connectivity index is 0.000000171. The summed E-state index contributed by atoms with van der Waals surface area (Å²) in [7, 11) is 3.98. The van der Waals surface area contributed by atoms with Crippen molar-refractivity contribution < 1.29 is 23.6 Å². The molecule has 30 heavy (non-hydrogen) atoms. The first-order chi connectivity index (χ1) is 14.4. The number of nitrogens with zero attached hydrogens (tertiary/aromatic N) is 3. The van der Waals surface area contributed by atoms with Crippen molar-refractivity contribution in [1.82, 2.24) is 14.5 Å². The van der Waals surface area contributed by atoms with Gasteiger partial charge < -0.3 is 14.0 Å². The number of aromatic amines is 1. The number of carbonyl (C=O) groups excluding carboxylic acids is 2. The Bertz CT molecular complexity index is 789. The third kappa shape index (κ3) is 4.91. The molecule has 2 saturated heterocycles. The number of hydrogen-bond acceptors (Lipinski definition) is 5. The zero-order valence-corrected chi connectivity index (χ0v) is 18.3. The lowest BCUT2D eigenvalue weighted by Gasteiger charge is -2.12. The van der Waals surface area contributed by atoms with E-state index >= 15 is 0 Å². The van der Waals surface area contributed by atoms with Gasteiger partial charge >= 0.3 is 11.9 Å². The third-order valence-corrected chi connectivity index (χ3v) is 6.33. The molecule has 0 aromatic carbocycles. The summed E-state index contributed by atoms with van der Waals surface area (Å²) in [6, 6.07) is 0. The fourth-order valence-electron chi connectivity index (χ4n) is 4.36. The molecule has 4 atom stereocenters. The molecule has 0 radical (unpaired) electrons. The third-order valence-electron chi connectivity index (χ3n) is 6.33. The van der Waals surface area contributed by atoms with Gasteiger partial charge in [-0.25, -0.2) is 14.5 Å². The zero-order valence-electron chi connectivity index (χ0n) is 18.3. The number of nitrogens with one attached hydrogen (secondary N) is 1. The van der Waals surface area contributed by atoms with E-state index in [0.717, 1.165) is 31.4 Å². The summed E-state index contributed by atoms with van der Waals surface area (Å²) < 4.78 is 14.2. The highest BCUT2D eigenvalue weighted by atomic mass is 16.5. The summed E-state index contributed by atoms with van der Waals surface area (Å²) >= 11 is 0. The standard InChI is InChI=1S/2C11H16N2O2/c2*1-3-10-8(6-15-11(10)14)4-9-5-12-7-13(9)2/h2*5,7-8,10H,3-4,6H2,1-2H3/p+1/t2*8-,10-/m00/s1. The maximum Gasteiger partial charge on any atom is 0.309 e. The van der Waals surface area contributed by atoms with Gasteiger partial charge in [0.1, 0.15) is 11.9 Å². The minimum absolute atomic E-state index is 0.0271. The van der Waals surface area contributed by atoms with Crippen LogP contribution in [0, 0.1) is 23.7 Å². The number of carbonyl (C=O) groups is 2. The molecule has 2 aliphatic heterocycles. The van der Waals surface area contributed by atoms with Gasteiger partial charge in [0.05, 0.1) is 38.4 Å². The molecule has 4 rings (SSSR count). The van der Waals surface area contributed by atoms with Crippen LogP contribution >= 0.6 is 0 Å². The molecule has 8 nitrogen and oxygen atoms in total. The number of hydrogen-bond donors (Lipinski definition) is 1.